The van der Waals surface area contributed by atoms with Gasteiger partial charge in [0.2, 0.25) is 0 Å². The van der Waals surface area contributed by atoms with Gasteiger partial charge in [0.05, 0.1) is 11.9 Å². The zero-order valence-electron chi connectivity index (χ0n) is 16.2. The molecule has 1 aromatic carbocycles. The summed E-state index contributed by atoms with van der Waals surface area (Å²) in [6.07, 6.45) is 9.76. The summed E-state index contributed by atoms with van der Waals surface area (Å²) in [5.41, 5.74) is 8.44. The summed E-state index contributed by atoms with van der Waals surface area (Å²) in [5, 5.41) is 0. The Morgan fingerprint density at radius 2 is 1.76 bits per heavy atom. The van der Waals surface area contributed by atoms with Crippen molar-refractivity contribution >= 4 is 6.03 Å². The second-order valence-corrected chi connectivity index (χ2v) is 7.95. The molecule has 3 aromatic rings. The molecule has 2 aromatic heterocycles. The van der Waals surface area contributed by atoms with E-state index in [4.69, 9.17) is 5.73 Å². The Morgan fingerprint density at radius 3 is 2.45 bits per heavy atom. The fourth-order valence-electron chi connectivity index (χ4n) is 4.47. The maximum Gasteiger partial charge on any atom is 0.315 e. The number of benzene rings is 1. The molecule has 2 amide bonds. The van der Waals surface area contributed by atoms with Crippen molar-refractivity contribution in [3.63, 3.8) is 0 Å². The third-order valence-electron chi connectivity index (χ3n) is 6.02. The van der Waals surface area contributed by atoms with Crippen LogP contribution < -0.4 is 5.73 Å². The molecule has 2 atom stereocenters. The van der Waals surface area contributed by atoms with E-state index in [1.54, 1.807) is 0 Å². The van der Waals surface area contributed by atoms with Gasteiger partial charge in [-0.2, -0.15) is 0 Å². The quantitative estimate of drug-likeness (QED) is 0.713. The molecular formula is C22H24N6O. The molecule has 7 nitrogen and oxygen atoms in total. The largest absolute Gasteiger partial charge is 0.351 e. The monoisotopic (exact) mass is 388 g/mol. The number of hydrogen-bond donors (Lipinski definition) is 2. The molecule has 29 heavy (non-hydrogen) atoms. The molecule has 1 aliphatic carbocycles. The first-order valence-corrected chi connectivity index (χ1v) is 10.2. The van der Waals surface area contributed by atoms with Crippen LogP contribution in [0.5, 0.6) is 0 Å². The number of carbonyl (C=O) groups is 1. The van der Waals surface area contributed by atoms with Crippen LogP contribution in [0.25, 0.3) is 22.6 Å². The van der Waals surface area contributed by atoms with Crippen LogP contribution in [-0.4, -0.2) is 43.5 Å². The van der Waals surface area contributed by atoms with Crippen molar-refractivity contribution in [2.75, 3.05) is 6.54 Å². The average molecular weight is 388 g/mol. The summed E-state index contributed by atoms with van der Waals surface area (Å²) in [5.74, 6) is 2.36. The summed E-state index contributed by atoms with van der Waals surface area (Å²) in [6, 6.07) is 9.75. The smallest absolute Gasteiger partial charge is 0.315 e. The van der Waals surface area contributed by atoms with Gasteiger partial charge in [0.15, 0.2) is 5.82 Å². The van der Waals surface area contributed by atoms with Crippen molar-refractivity contribution in [2.24, 2.45) is 11.7 Å². The molecule has 0 spiro atoms. The van der Waals surface area contributed by atoms with Crippen LogP contribution in [0.15, 0.2) is 48.9 Å². The number of nitrogens with two attached hydrogens (primary N) is 1. The van der Waals surface area contributed by atoms with Crippen LogP contribution in [0.2, 0.25) is 0 Å². The molecule has 3 N–H and O–H groups in total. The van der Waals surface area contributed by atoms with E-state index in [1.807, 2.05) is 53.8 Å². The van der Waals surface area contributed by atoms with Crippen molar-refractivity contribution in [1.82, 2.24) is 24.8 Å². The van der Waals surface area contributed by atoms with E-state index in [9.17, 15) is 4.79 Å². The summed E-state index contributed by atoms with van der Waals surface area (Å²) in [7, 11) is 0. The van der Waals surface area contributed by atoms with E-state index in [2.05, 4.69) is 19.9 Å². The van der Waals surface area contributed by atoms with Gasteiger partial charge in [0.25, 0.3) is 0 Å². The molecule has 2 unspecified atom stereocenters. The Labute approximate surface area is 169 Å². The van der Waals surface area contributed by atoms with Crippen LogP contribution in [-0.2, 0) is 0 Å². The van der Waals surface area contributed by atoms with Gasteiger partial charge in [-0.25, -0.2) is 19.7 Å². The molecule has 1 saturated carbocycles. The molecule has 1 saturated heterocycles. The highest BCUT2D eigenvalue weighted by Crippen LogP contribution is 2.45. The number of nitrogens with zero attached hydrogens (tertiary/aromatic N) is 4. The van der Waals surface area contributed by atoms with Gasteiger partial charge < -0.3 is 15.6 Å². The lowest BCUT2D eigenvalue weighted by Crippen LogP contribution is -2.51. The summed E-state index contributed by atoms with van der Waals surface area (Å²) < 4.78 is 0. The van der Waals surface area contributed by atoms with E-state index in [-0.39, 0.29) is 18.0 Å². The summed E-state index contributed by atoms with van der Waals surface area (Å²) >= 11 is 0. The Morgan fingerprint density at radius 1 is 1.00 bits per heavy atom. The van der Waals surface area contributed by atoms with Gasteiger partial charge in [-0.15, -0.1) is 0 Å². The van der Waals surface area contributed by atoms with Gasteiger partial charge in [0.1, 0.15) is 5.82 Å². The number of carbonyl (C=O) groups excluding carboxylic acids is 1. The van der Waals surface area contributed by atoms with E-state index in [0.29, 0.717) is 11.7 Å². The number of rotatable bonds is 4. The lowest BCUT2D eigenvalue weighted by molar-refractivity contribution is 0.130. The average Bonchev–Trinajstić information content (AvgIpc) is 3.50. The summed E-state index contributed by atoms with van der Waals surface area (Å²) in [4.78, 5) is 30.9. The second-order valence-electron chi connectivity index (χ2n) is 7.95. The molecule has 2 aliphatic rings. The first kappa shape index (κ1) is 17.8. The number of imidazole rings is 1. The van der Waals surface area contributed by atoms with Crippen molar-refractivity contribution in [3.8, 4) is 22.6 Å². The molecular weight excluding hydrogens is 364 g/mol. The molecule has 148 valence electrons. The van der Waals surface area contributed by atoms with Crippen LogP contribution in [0.3, 0.4) is 0 Å². The van der Waals surface area contributed by atoms with E-state index in [0.717, 1.165) is 54.9 Å². The number of nitrogens with one attached hydrogen (secondary N) is 1. The van der Waals surface area contributed by atoms with Crippen molar-refractivity contribution in [2.45, 2.75) is 37.6 Å². The van der Waals surface area contributed by atoms with Gasteiger partial charge in [-0.1, -0.05) is 30.3 Å². The maximum absolute atomic E-state index is 12.0. The summed E-state index contributed by atoms with van der Waals surface area (Å²) in [6.45, 7) is 0.745. The fraction of sp³-hybridized carbons (Fsp3) is 0.364. The van der Waals surface area contributed by atoms with Gasteiger partial charge in [-0.3, -0.25) is 0 Å². The SMILES string of the molecule is NC(=O)N1CCCC(c2ncc(-c3cnc(-c4ccccc4)nc3)[nH]2)C1C1CC1. The van der Waals surface area contributed by atoms with Gasteiger partial charge >= 0.3 is 6.03 Å². The normalized spacial score (nSPS) is 21.9. The second kappa shape index (κ2) is 7.31. The minimum absolute atomic E-state index is 0.150. The maximum atomic E-state index is 12.0. The van der Waals surface area contributed by atoms with Crippen LogP contribution in [0.1, 0.15) is 37.4 Å². The first-order chi connectivity index (χ1) is 14.2. The number of piperidine rings is 1. The standard InChI is InChI=1S/C22H24N6O/c23-22(29)28-10-4-7-17(19(28)14-8-9-14)21-26-13-18(27-21)16-11-24-20(25-12-16)15-5-2-1-3-6-15/h1-3,5-6,11-14,17,19H,4,7-10H2,(H2,23,29)(H,26,27). The number of primary amides is 1. The molecule has 7 heteroatoms. The number of urea groups is 1. The number of hydrogen-bond acceptors (Lipinski definition) is 4. The number of aromatic nitrogens is 4. The zero-order valence-corrected chi connectivity index (χ0v) is 16.2. The Hall–Kier alpha value is -3.22. The van der Waals surface area contributed by atoms with E-state index < -0.39 is 0 Å². The lowest BCUT2D eigenvalue weighted by Gasteiger charge is -2.40. The molecule has 3 heterocycles. The molecule has 0 bridgehead atoms. The molecule has 2 fully saturated rings. The Balaban J connectivity index is 1.39. The highest BCUT2D eigenvalue weighted by molar-refractivity contribution is 5.73. The number of likely N-dealkylation sites (tertiary alicyclic amines) is 1. The number of H-pyrrole nitrogens is 1. The van der Waals surface area contributed by atoms with Gasteiger partial charge in [0, 0.05) is 42.0 Å². The van der Waals surface area contributed by atoms with Crippen molar-refractivity contribution < 1.29 is 4.79 Å². The van der Waals surface area contributed by atoms with Crippen molar-refractivity contribution in [3.05, 3.63) is 54.7 Å². The van der Waals surface area contributed by atoms with E-state index >= 15 is 0 Å². The topological polar surface area (TPSA) is 101 Å². The third-order valence-corrected chi connectivity index (χ3v) is 6.02. The minimum Gasteiger partial charge on any atom is -0.351 e. The lowest BCUT2D eigenvalue weighted by atomic mass is 9.85. The fourth-order valence-corrected chi connectivity index (χ4v) is 4.47. The minimum atomic E-state index is -0.316. The highest BCUT2D eigenvalue weighted by Gasteiger charge is 2.45. The van der Waals surface area contributed by atoms with Gasteiger partial charge in [-0.05, 0) is 31.6 Å². The van der Waals surface area contributed by atoms with Crippen LogP contribution in [0.4, 0.5) is 4.79 Å². The molecule has 1 aliphatic heterocycles. The molecule has 0 radical (unpaired) electrons. The molecule has 5 rings (SSSR count). The Bertz CT molecular complexity index is 996. The first-order valence-electron chi connectivity index (χ1n) is 10.2. The predicted molar refractivity (Wildman–Crippen MR) is 110 cm³/mol. The predicted octanol–water partition coefficient (Wildman–Crippen LogP) is 3.57. The highest BCUT2D eigenvalue weighted by atomic mass is 16.2. The number of aromatic amines is 1. The zero-order chi connectivity index (χ0) is 19.8. The van der Waals surface area contributed by atoms with E-state index in [1.165, 1.54) is 0 Å². The van der Waals surface area contributed by atoms with Crippen LogP contribution in [0, 0.1) is 5.92 Å². The Kier molecular flexibility index (Phi) is 4.50. The number of amides is 2. The van der Waals surface area contributed by atoms with Crippen LogP contribution >= 0.6 is 0 Å². The third kappa shape index (κ3) is 3.48. The van der Waals surface area contributed by atoms with Crippen molar-refractivity contribution in [1.29, 1.82) is 0 Å².